The molecule has 1 N–H and O–H groups in total. The van der Waals surface area contributed by atoms with Gasteiger partial charge in [0.2, 0.25) is 0 Å². The van der Waals surface area contributed by atoms with Crippen molar-refractivity contribution in [2.24, 2.45) is 0 Å². The smallest absolute Gasteiger partial charge is 0.354 e. The van der Waals surface area contributed by atoms with Crippen molar-refractivity contribution in [2.45, 2.75) is 0 Å². The van der Waals surface area contributed by atoms with E-state index in [2.05, 4.69) is 11.2 Å². The van der Waals surface area contributed by atoms with Crippen LogP contribution in [0.3, 0.4) is 0 Å². The molecule has 0 aliphatic carbocycles. The van der Waals surface area contributed by atoms with Crippen LogP contribution < -0.4 is 0 Å². The molecular weight excluding hydrogens is 118 g/mol. The lowest BCUT2D eigenvalue weighted by molar-refractivity contribution is 0.0690. The first-order chi connectivity index (χ1) is 4.30. The van der Waals surface area contributed by atoms with Crippen LogP contribution >= 0.6 is 0 Å². The summed E-state index contributed by atoms with van der Waals surface area (Å²) in [5.74, 6) is -1.02. The quantitative estimate of drug-likeness (QED) is 0.592. The molecule has 3 heteroatoms. The fraction of sp³-hybridized carbons (Fsp3) is 0. The predicted molar refractivity (Wildman–Crippen MR) is 30.0 cm³/mol. The molecule has 0 atom stereocenters. The van der Waals surface area contributed by atoms with E-state index in [1.165, 1.54) is 6.07 Å². The third-order valence-electron chi connectivity index (χ3n) is 0.829. The predicted octanol–water partition coefficient (Wildman–Crippen LogP) is 0.580. The number of nitrogens with zero attached hydrogens (tertiary/aromatic N) is 1. The molecule has 1 aromatic rings. The largest absolute Gasteiger partial charge is 0.477 e. The number of aromatic carboxylic acids is 1. The molecule has 0 saturated heterocycles. The number of carbonyl (C=O) groups is 1. The summed E-state index contributed by atoms with van der Waals surface area (Å²) < 4.78 is 0. The van der Waals surface area contributed by atoms with E-state index in [1.54, 1.807) is 12.1 Å². The average Bonchev–Trinajstić information content (AvgIpc) is 1.90. The van der Waals surface area contributed by atoms with Gasteiger partial charge in [-0.25, -0.2) is 9.78 Å². The van der Waals surface area contributed by atoms with Gasteiger partial charge in [0, 0.05) is 0 Å². The van der Waals surface area contributed by atoms with Crippen molar-refractivity contribution in [1.29, 1.82) is 0 Å². The van der Waals surface area contributed by atoms with Crippen LogP contribution in [0.4, 0.5) is 0 Å². The molecule has 0 spiro atoms. The normalized spacial score (nSPS) is 8.89. The van der Waals surface area contributed by atoms with Crippen molar-refractivity contribution in [2.75, 3.05) is 0 Å². The van der Waals surface area contributed by atoms with Gasteiger partial charge >= 0.3 is 5.97 Å². The summed E-state index contributed by atoms with van der Waals surface area (Å²) in [4.78, 5) is 13.6. The third-order valence-corrected chi connectivity index (χ3v) is 0.829. The fourth-order valence-electron chi connectivity index (χ4n) is 0.445. The summed E-state index contributed by atoms with van der Waals surface area (Å²) in [6.45, 7) is 0. The zero-order valence-corrected chi connectivity index (χ0v) is 4.53. The van der Waals surface area contributed by atoms with E-state index in [1.807, 2.05) is 0 Å². The molecule has 45 valence electrons. The van der Waals surface area contributed by atoms with E-state index in [9.17, 15) is 4.79 Å². The van der Waals surface area contributed by atoms with Gasteiger partial charge in [-0.2, -0.15) is 0 Å². The number of carboxylic acids is 1. The van der Waals surface area contributed by atoms with Crippen LogP contribution in [0.2, 0.25) is 0 Å². The molecule has 0 bridgehead atoms. The van der Waals surface area contributed by atoms with Crippen molar-refractivity contribution in [3.05, 3.63) is 30.1 Å². The molecular formula is C6H4NO2. The van der Waals surface area contributed by atoms with Crippen LogP contribution in [0, 0.1) is 6.20 Å². The maximum absolute atomic E-state index is 10.1. The van der Waals surface area contributed by atoms with Gasteiger partial charge in [0.15, 0.2) is 0 Å². The van der Waals surface area contributed by atoms with Gasteiger partial charge < -0.3 is 5.11 Å². The molecule has 1 radical (unpaired) electrons. The van der Waals surface area contributed by atoms with Crippen LogP contribution in [-0.2, 0) is 0 Å². The van der Waals surface area contributed by atoms with E-state index in [0.29, 0.717) is 0 Å². The monoisotopic (exact) mass is 122 g/mol. The Bertz CT molecular complexity index is 208. The first-order valence-corrected chi connectivity index (χ1v) is 2.37. The van der Waals surface area contributed by atoms with E-state index in [4.69, 9.17) is 5.11 Å². The number of rotatable bonds is 1. The van der Waals surface area contributed by atoms with E-state index in [0.717, 1.165) is 0 Å². The van der Waals surface area contributed by atoms with Crippen LogP contribution in [0.25, 0.3) is 0 Å². The Balaban J connectivity index is 2.98. The standard InChI is InChI=1S/C6H4NO2/c8-6(9)5-3-1-2-4-7-5/h1-3H,(H,8,9). The lowest BCUT2D eigenvalue weighted by Gasteiger charge is -1.86. The number of hydrogen-bond donors (Lipinski definition) is 1. The minimum Gasteiger partial charge on any atom is -0.477 e. The highest BCUT2D eigenvalue weighted by molar-refractivity contribution is 5.84. The van der Waals surface area contributed by atoms with Crippen LogP contribution in [-0.4, -0.2) is 16.1 Å². The maximum atomic E-state index is 10.1. The lowest BCUT2D eigenvalue weighted by atomic mass is 10.4. The van der Waals surface area contributed by atoms with Crippen LogP contribution in [0.15, 0.2) is 18.2 Å². The van der Waals surface area contributed by atoms with Crippen molar-refractivity contribution in [3.63, 3.8) is 0 Å². The summed E-state index contributed by atoms with van der Waals surface area (Å²) in [6, 6.07) is 4.54. The molecule has 0 aromatic carbocycles. The molecule has 1 heterocycles. The summed E-state index contributed by atoms with van der Waals surface area (Å²) in [5, 5.41) is 8.30. The van der Waals surface area contributed by atoms with Gasteiger partial charge in [0.1, 0.15) is 5.69 Å². The SMILES string of the molecule is O=C(O)c1ccc[c]n1. The second-order valence-electron chi connectivity index (χ2n) is 1.46. The van der Waals surface area contributed by atoms with Crippen LogP contribution in [0.1, 0.15) is 10.5 Å². The zero-order valence-electron chi connectivity index (χ0n) is 4.53. The topological polar surface area (TPSA) is 50.2 Å². The summed E-state index contributed by atoms with van der Waals surface area (Å²) in [7, 11) is 0. The summed E-state index contributed by atoms with van der Waals surface area (Å²) in [5.41, 5.74) is 0.0255. The minimum absolute atomic E-state index is 0.0255. The molecule has 0 saturated carbocycles. The van der Waals surface area contributed by atoms with Gasteiger partial charge in [0.25, 0.3) is 0 Å². The van der Waals surface area contributed by atoms with Crippen molar-refractivity contribution in [3.8, 4) is 0 Å². The van der Waals surface area contributed by atoms with E-state index >= 15 is 0 Å². The van der Waals surface area contributed by atoms with Crippen molar-refractivity contribution >= 4 is 5.97 Å². The Hall–Kier alpha value is -1.38. The van der Waals surface area contributed by atoms with Crippen LogP contribution in [0.5, 0.6) is 0 Å². The Morgan fingerprint density at radius 1 is 1.78 bits per heavy atom. The summed E-state index contributed by atoms with van der Waals surface area (Å²) >= 11 is 0. The first-order valence-electron chi connectivity index (χ1n) is 2.37. The molecule has 0 fully saturated rings. The van der Waals surface area contributed by atoms with Gasteiger partial charge in [-0.05, 0) is 12.1 Å². The molecule has 1 rings (SSSR count). The molecule has 9 heavy (non-hydrogen) atoms. The Kier molecular flexibility index (Phi) is 1.44. The highest BCUT2D eigenvalue weighted by atomic mass is 16.4. The minimum atomic E-state index is -1.02. The molecule has 3 nitrogen and oxygen atoms in total. The Labute approximate surface area is 52.0 Å². The molecule has 0 aliphatic rings. The second-order valence-corrected chi connectivity index (χ2v) is 1.46. The third kappa shape index (κ3) is 1.25. The number of hydrogen-bond acceptors (Lipinski definition) is 2. The number of carboxylic acid groups (broad SMARTS) is 1. The van der Waals surface area contributed by atoms with Gasteiger partial charge in [-0.15, -0.1) is 0 Å². The fourth-order valence-corrected chi connectivity index (χ4v) is 0.445. The van der Waals surface area contributed by atoms with Gasteiger partial charge in [0.05, 0.1) is 6.20 Å². The molecule has 0 aliphatic heterocycles. The Morgan fingerprint density at radius 3 is 2.89 bits per heavy atom. The zero-order chi connectivity index (χ0) is 6.69. The molecule has 0 amide bonds. The second kappa shape index (κ2) is 2.26. The Morgan fingerprint density at radius 2 is 2.56 bits per heavy atom. The van der Waals surface area contributed by atoms with Gasteiger partial charge in [-0.3, -0.25) is 0 Å². The average molecular weight is 122 g/mol. The molecule has 0 unspecified atom stereocenters. The molecule has 1 aromatic heterocycles. The van der Waals surface area contributed by atoms with E-state index in [-0.39, 0.29) is 5.69 Å². The summed E-state index contributed by atoms with van der Waals surface area (Å²) in [6.07, 6.45) is 2.41. The maximum Gasteiger partial charge on any atom is 0.354 e. The lowest BCUT2D eigenvalue weighted by Crippen LogP contribution is -1.97. The number of pyridine rings is 1. The van der Waals surface area contributed by atoms with E-state index < -0.39 is 5.97 Å². The van der Waals surface area contributed by atoms with Crippen molar-refractivity contribution < 1.29 is 9.90 Å². The highest BCUT2D eigenvalue weighted by Crippen LogP contribution is 1.89. The number of aromatic nitrogens is 1. The van der Waals surface area contributed by atoms with Gasteiger partial charge in [-0.1, -0.05) is 6.07 Å². The first kappa shape index (κ1) is 5.75. The van der Waals surface area contributed by atoms with Crippen molar-refractivity contribution in [1.82, 2.24) is 4.98 Å². The highest BCUT2D eigenvalue weighted by Gasteiger charge is 1.99.